The smallest absolute Gasteiger partial charge is 0.203 e. The number of thiophene rings is 1. The molecule has 2 heterocycles. The fraction of sp³-hybridized carbons (Fsp3) is 0.182. The number of rotatable bonds is 3. The van der Waals surface area contributed by atoms with Crippen molar-refractivity contribution in [3.05, 3.63) is 46.0 Å². The van der Waals surface area contributed by atoms with E-state index in [1.807, 2.05) is 30.5 Å². The van der Waals surface area contributed by atoms with Crippen LogP contribution in [0.1, 0.15) is 21.0 Å². The molecular formula is C11H10O2S. The van der Waals surface area contributed by atoms with Gasteiger partial charge in [-0.1, -0.05) is 6.07 Å². The molecule has 14 heavy (non-hydrogen) atoms. The van der Waals surface area contributed by atoms with Gasteiger partial charge in [-0.3, -0.25) is 4.79 Å². The Morgan fingerprint density at radius 2 is 2.36 bits per heavy atom. The van der Waals surface area contributed by atoms with Gasteiger partial charge in [-0.25, -0.2) is 0 Å². The molecule has 0 bridgehead atoms. The predicted octanol–water partition coefficient (Wildman–Crippen LogP) is 3.07. The van der Waals surface area contributed by atoms with Gasteiger partial charge in [0.05, 0.1) is 6.26 Å². The molecule has 0 spiro atoms. The van der Waals surface area contributed by atoms with Crippen LogP contribution in [-0.4, -0.2) is 5.78 Å². The molecule has 0 saturated carbocycles. The van der Waals surface area contributed by atoms with Crippen LogP contribution in [0.4, 0.5) is 0 Å². The van der Waals surface area contributed by atoms with E-state index in [-0.39, 0.29) is 5.78 Å². The first-order valence-electron chi connectivity index (χ1n) is 4.37. The van der Waals surface area contributed by atoms with E-state index in [1.54, 1.807) is 17.6 Å². The van der Waals surface area contributed by atoms with Crippen LogP contribution in [0.2, 0.25) is 0 Å². The number of Topliss-reactive ketones (excluding diaryl/α,β-unsaturated/α-hetero) is 1. The molecule has 2 aromatic rings. The first-order valence-corrected chi connectivity index (χ1v) is 5.25. The molecule has 2 nitrogen and oxygen atoms in total. The highest BCUT2D eigenvalue weighted by atomic mass is 32.1. The number of carbonyl (C=O) groups excluding carboxylic acids is 1. The minimum absolute atomic E-state index is 0.0509. The van der Waals surface area contributed by atoms with Crippen molar-refractivity contribution in [2.24, 2.45) is 0 Å². The summed E-state index contributed by atoms with van der Waals surface area (Å²) in [7, 11) is 0. The number of hydrogen-bond donors (Lipinski definition) is 0. The lowest BCUT2D eigenvalue weighted by Crippen LogP contribution is -2.02. The van der Waals surface area contributed by atoms with Gasteiger partial charge in [0.1, 0.15) is 0 Å². The number of hydrogen-bond acceptors (Lipinski definition) is 3. The van der Waals surface area contributed by atoms with Gasteiger partial charge >= 0.3 is 0 Å². The first-order chi connectivity index (χ1) is 6.77. The van der Waals surface area contributed by atoms with Crippen molar-refractivity contribution in [1.82, 2.24) is 0 Å². The number of ketones is 1. The molecule has 0 aliphatic rings. The zero-order chi connectivity index (χ0) is 9.97. The van der Waals surface area contributed by atoms with Crippen LogP contribution in [0.5, 0.6) is 0 Å². The Balaban J connectivity index is 2.14. The highest BCUT2D eigenvalue weighted by Gasteiger charge is 2.13. The lowest BCUT2D eigenvalue weighted by molar-refractivity contribution is 0.0966. The molecule has 0 aliphatic heterocycles. The summed E-state index contributed by atoms with van der Waals surface area (Å²) in [6.07, 6.45) is 1.99. The quantitative estimate of drug-likeness (QED) is 0.722. The second-order valence-electron chi connectivity index (χ2n) is 3.11. The highest BCUT2D eigenvalue weighted by molar-refractivity contribution is 7.10. The Bertz CT molecular complexity index is 426. The topological polar surface area (TPSA) is 30.2 Å². The maximum absolute atomic E-state index is 11.7. The monoisotopic (exact) mass is 206 g/mol. The molecule has 2 rings (SSSR count). The Kier molecular flexibility index (Phi) is 2.50. The minimum atomic E-state index is 0.0509. The zero-order valence-corrected chi connectivity index (χ0v) is 8.64. The second-order valence-corrected chi connectivity index (χ2v) is 4.14. The van der Waals surface area contributed by atoms with Crippen molar-refractivity contribution in [3.63, 3.8) is 0 Å². The summed E-state index contributed by atoms with van der Waals surface area (Å²) in [5.74, 6) is 0.536. The molecular weight excluding hydrogens is 196 g/mol. The Morgan fingerprint density at radius 1 is 1.50 bits per heavy atom. The Hall–Kier alpha value is -1.35. The van der Waals surface area contributed by atoms with E-state index in [0.717, 1.165) is 10.4 Å². The summed E-state index contributed by atoms with van der Waals surface area (Å²) < 4.78 is 5.13. The summed E-state index contributed by atoms with van der Waals surface area (Å²) in [5, 5.41) is 1.97. The van der Waals surface area contributed by atoms with Crippen molar-refractivity contribution >= 4 is 17.1 Å². The van der Waals surface area contributed by atoms with E-state index < -0.39 is 0 Å². The van der Waals surface area contributed by atoms with Gasteiger partial charge in [-0.05, 0) is 30.0 Å². The normalized spacial score (nSPS) is 10.4. The van der Waals surface area contributed by atoms with E-state index in [2.05, 4.69) is 0 Å². The summed E-state index contributed by atoms with van der Waals surface area (Å²) in [6.45, 7) is 1.88. The van der Waals surface area contributed by atoms with Gasteiger partial charge in [0.2, 0.25) is 5.78 Å². The van der Waals surface area contributed by atoms with Crippen LogP contribution in [0.15, 0.2) is 34.3 Å². The maximum Gasteiger partial charge on any atom is 0.203 e. The molecule has 0 radical (unpaired) electrons. The third kappa shape index (κ3) is 1.77. The summed E-state index contributed by atoms with van der Waals surface area (Å²) in [5.41, 5.74) is 0.909. The number of aryl methyl sites for hydroxylation is 1. The van der Waals surface area contributed by atoms with Gasteiger partial charge in [-0.2, -0.15) is 0 Å². The van der Waals surface area contributed by atoms with Gasteiger partial charge in [-0.15, -0.1) is 11.3 Å². The fourth-order valence-corrected chi connectivity index (χ4v) is 2.01. The van der Waals surface area contributed by atoms with Gasteiger partial charge in [0.25, 0.3) is 0 Å². The van der Waals surface area contributed by atoms with Crippen LogP contribution in [-0.2, 0) is 6.42 Å². The molecule has 0 aromatic carbocycles. The fourth-order valence-electron chi connectivity index (χ4n) is 1.31. The van der Waals surface area contributed by atoms with Crippen molar-refractivity contribution in [2.75, 3.05) is 0 Å². The third-order valence-corrected chi connectivity index (χ3v) is 2.91. The average Bonchev–Trinajstić information content (AvgIpc) is 2.75. The largest absolute Gasteiger partial charge is 0.461 e. The molecule has 0 atom stereocenters. The third-order valence-electron chi connectivity index (χ3n) is 2.03. The molecule has 0 saturated heterocycles. The van der Waals surface area contributed by atoms with Crippen molar-refractivity contribution in [2.45, 2.75) is 13.3 Å². The lowest BCUT2D eigenvalue weighted by atomic mass is 10.1. The van der Waals surface area contributed by atoms with E-state index in [1.165, 1.54) is 0 Å². The van der Waals surface area contributed by atoms with Crippen LogP contribution < -0.4 is 0 Å². The summed E-state index contributed by atoms with van der Waals surface area (Å²) in [4.78, 5) is 12.8. The Labute approximate surface area is 86.2 Å². The van der Waals surface area contributed by atoms with E-state index in [0.29, 0.717) is 12.2 Å². The van der Waals surface area contributed by atoms with Gasteiger partial charge < -0.3 is 4.42 Å². The molecule has 0 unspecified atom stereocenters. The predicted molar refractivity (Wildman–Crippen MR) is 55.8 cm³/mol. The van der Waals surface area contributed by atoms with Crippen molar-refractivity contribution in [3.8, 4) is 0 Å². The standard InChI is InChI=1S/C11H10O2S/c1-8-4-5-13-11(8)10(12)7-9-3-2-6-14-9/h2-6H,7H2,1H3. The molecule has 0 fully saturated rings. The second kappa shape index (κ2) is 3.80. The first kappa shape index (κ1) is 9.21. The molecule has 2 aromatic heterocycles. The molecule has 0 amide bonds. The molecule has 3 heteroatoms. The van der Waals surface area contributed by atoms with Crippen molar-refractivity contribution in [1.29, 1.82) is 0 Å². The van der Waals surface area contributed by atoms with Gasteiger partial charge in [0.15, 0.2) is 5.76 Å². The lowest BCUT2D eigenvalue weighted by Gasteiger charge is -1.95. The van der Waals surface area contributed by atoms with E-state index in [9.17, 15) is 4.79 Å². The zero-order valence-electron chi connectivity index (χ0n) is 7.82. The number of carbonyl (C=O) groups is 1. The Morgan fingerprint density at radius 3 is 2.93 bits per heavy atom. The molecule has 0 N–H and O–H groups in total. The van der Waals surface area contributed by atoms with Crippen LogP contribution in [0, 0.1) is 6.92 Å². The van der Waals surface area contributed by atoms with E-state index in [4.69, 9.17) is 4.42 Å². The van der Waals surface area contributed by atoms with Crippen LogP contribution >= 0.6 is 11.3 Å². The SMILES string of the molecule is Cc1ccoc1C(=O)Cc1cccs1. The summed E-state index contributed by atoms with van der Waals surface area (Å²) in [6, 6.07) is 5.71. The van der Waals surface area contributed by atoms with Crippen LogP contribution in [0.3, 0.4) is 0 Å². The van der Waals surface area contributed by atoms with Gasteiger partial charge in [0, 0.05) is 11.3 Å². The average molecular weight is 206 g/mol. The summed E-state index contributed by atoms with van der Waals surface area (Å²) >= 11 is 1.59. The maximum atomic E-state index is 11.7. The molecule has 0 aliphatic carbocycles. The number of furan rings is 1. The van der Waals surface area contributed by atoms with Crippen molar-refractivity contribution < 1.29 is 9.21 Å². The highest BCUT2D eigenvalue weighted by Crippen LogP contribution is 2.15. The van der Waals surface area contributed by atoms with Crippen LogP contribution in [0.25, 0.3) is 0 Å². The van der Waals surface area contributed by atoms with E-state index >= 15 is 0 Å². The minimum Gasteiger partial charge on any atom is -0.461 e. The molecule has 72 valence electrons.